The molecule has 1 unspecified atom stereocenters. The van der Waals surface area contributed by atoms with E-state index in [1.54, 1.807) is 17.3 Å². The summed E-state index contributed by atoms with van der Waals surface area (Å²) in [5, 5.41) is 6.53. The van der Waals surface area contributed by atoms with E-state index in [1.165, 1.54) is 11.1 Å². The van der Waals surface area contributed by atoms with Crippen LogP contribution in [0.4, 0.5) is 0 Å². The van der Waals surface area contributed by atoms with Crippen LogP contribution in [0.3, 0.4) is 0 Å². The molecule has 1 atom stereocenters. The molecule has 136 valence electrons. The van der Waals surface area contributed by atoms with Crippen molar-refractivity contribution in [2.75, 3.05) is 19.6 Å². The third-order valence-electron chi connectivity index (χ3n) is 5.67. The number of H-pyrrole nitrogens is 1. The quantitative estimate of drug-likeness (QED) is 0.922. The van der Waals surface area contributed by atoms with Crippen LogP contribution in [0.1, 0.15) is 40.7 Å². The number of aryl methyl sites for hydroxylation is 1. The van der Waals surface area contributed by atoms with E-state index in [9.17, 15) is 9.59 Å². The lowest BCUT2D eigenvalue weighted by Crippen LogP contribution is -2.50. The van der Waals surface area contributed by atoms with Crippen LogP contribution >= 0.6 is 0 Å². The van der Waals surface area contributed by atoms with Crippen molar-refractivity contribution in [3.63, 3.8) is 0 Å². The largest absolute Gasteiger partial charge is 0.338 e. The smallest absolute Gasteiger partial charge is 0.257 e. The molecule has 2 amide bonds. The van der Waals surface area contributed by atoms with Crippen molar-refractivity contribution in [1.29, 1.82) is 0 Å². The van der Waals surface area contributed by atoms with E-state index in [0.29, 0.717) is 25.2 Å². The van der Waals surface area contributed by atoms with Gasteiger partial charge < -0.3 is 9.80 Å². The maximum atomic E-state index is 13.3. The summed E-state index contributed by atoms with van der Waals surface area (Å²) in [5.74, 6) is 0.159. The molecule has 2 saturated heterocycles. The Morgan fingerprint density at radius 2 is 2.19 bits per heavy atom. The lowest BCUT2D eigenvalue weighted by molar-refractivity contribution is -0.146. The standard InChI is InChI=1S/C20H24N4O2/c1-15-4-2-5-16(10-15)13-23-8-3-6-20(19(23)26)7-9-24(14-20)18(25)17-11-21-22-12-17/h2,4-5,10-12H,3,6-9,13-14H2,1H3,(H,21,22). The average Bonchev–Trinajstić information content (AvgIpc) is 3.30. The van der Waals surface area contributed by atoms with Crippen molar-refractivity contribution < 1.29 is 9.59 Å². The molecule has 2 aromatic rings. The molecule has 1 spiro atoms. The minimum Gasteiger partial charge on any atom is -0.338 e. The van der Waals surface area contributed by atoms with E-state index in [4.69, 9.17) is 0 Å². The molecule has 0 saturated carbocycles. The lowest BCUT2D eigenvalue weighted by atomic mass is 9.78. The van der Waals surface area contributed by atoms with Gasteiger partial charge in [-0.25, -0.2) is 0 Å². The van der Waals surface area contributed by atoms with Gasteiger partial charge in [-0.3, -0.25) is 14.7 Å². The van der Waals surface area contributed by atoms with Gasteiger partial charge in [-0.2, -0.15) is 5.10 Å². The number of rotatable bonds is 3. The van der Waals surface area contributed by atoms with Crippen LogP contribution in [-0.2, 0) is 11.3 Å². The first-order chi connectivity index (χ1) is 12.6. The first-order valence-corrected chi connectivity index (χ1v) is 9.20. The molecule has 3 heterocycles. The third kappa shape index (κ3) is 3.00. The SMILES string of the molecule is Cc1cccc(CN2CCCC3(CCN(C(=O)c4cn[nH]c4)C3)C2=O)c1. The van der Waals surface area contributed by atoms with E-state index in [-0.39, 0.29) is 11.8 Å². The summed E-state index contributed by atoms with van der Waals surface area (Å²) in [6.45, 7) is 4.66. The summed E-state index contributed by atoms with van der Waals surface area (Å²) in [5.41, 5.74) is 2.52. The predicted octanol–water partition coefficient (Wildman–Crippen LogP) is 2.37. The Kier molecular flexibility index (Phi) is 4.26. The zero-order valence-electron chi connectivity index (χ0n) is 15.1. The summed E-state index contributed by atoms with van der Waals surface area (Å²) in [4.78, 5) is 29.6. The fraction of sp³-hybridized carbons (Fsp3) is 0.450. The summed E-state index contributed by atoms with van der Waals surface area (Å²) in [7, 11) is 0. The van der Waals surface area contributed by atoms with Crippen LogP contribution in [0.15, 0.2) is 36.7 Å². The molecule has 6 nitrogen and oxygen atoms in total. The van der Waals surface area contributed by atoms with Gasteiger partial charge in [0.15, 0.2) is 0 Å². The van der Waals surface area contributed by atoms with Crippen LogP contribution in [0.2, 0.25) is 0 Å². The molecule has 26 heavy (non-hydrogen) atoms. The lowest BCUT2D eigenvalue weighted by Gasteiger charge is -2.39. The van der Waals surface area contributed by atoms with Gasteiger partial charge in [0.25, 0.3) is 5.91 Å². The number of likely N-dealkylation sites (tertiary alicyclic amines) is 2. The van der Waals surface area contributed by atoms with Gasteiger partial charge >= 0.3 is 0 Å². The first kappa shape index (κ1) is 16.8. The van der Waals surface area contributed by atoms with Crippen LogP contribution in [0, 0.1) is 12.3 Å². The minimum atomic E-state index is -0.415. The van der Waals surface area contributed by atoms with Gasteiger partial charge in [-0.1, -0.05) is 29.8 Å². The van der Waals surface area contributed by atoms with Crippen LogP contribution in [-0.4, -0.2) is 51.4 Å². The normalized spacial score (nSPS) is 23.0. The molecule has 1 N–H and O–H groups in total. The second-order valence-corrected chi connectivity index (χ2v) is 7.56. The molecule has 1 aromatic carbocycles. The maximum absolute atomic E-state index is 13.3. The number of carbonyl (C=O) groups excluding carboxylic acids is 2. The summed E-state index contributed by atoms with van der Waals surface area (Å²) < 4.78 is 0. The molecule has 2 aliphatic heterocycles. The number of amides is 2. The monoisotopic (exact) mass is 352 g/mol. The fourth-order valence-corrected chi connectivity index (χ4v) is 4.31. The average molecular weight is 352 g/mol. The van der Waals surface area contributed by atoms with Crippen molar-refractivity contribution in [2.45, 2.75) is 32.7 Å². The van der Waals surface area contributed by atoms with Crippen LogP contribution < -0.4 is 0 Å². The van der Waals surface area contributed by atoms with Crippen molar-refractivity contribution >= 4 is 11.8 Å². The van der Waals surface area contributed by atoms with Gasteiger partial charge in [0, 0.05) is 32.4 Å². The number of hydrogen-bond donors (Lipinski definition) is 1. The zero-order chi connectivity index (χ0) is 18.1. The molecule has 2 fully saturated rings. The Hall–Kier alpha value is -2.63. The second-order valence-electron chi connectivity index (χ2n) is 7.56. The molecule has 0 radical (unpaired) electrons. The van der Waals surface area contributed by atoms with Crippen LogP contribution in [0.5, 0.6) is 0 Å². The van der Waals surface area contributed by atoms with Gasteiger partial charge in [0.1, 0.15) is 0 Å². The molecule has 1 aromatic heterocycles. The van der Waals surface area contributed by atoms with E-state index in [0.717, 1.165) is 25.8 Å². The highest BCUT2D eigenvalue weighted by Gasteiger charge is 2.49. The topological polar surface area (TPSA) is 69.3 Å². The molecule has 2 aliphatic rings. The number of aromatic amines is 1. The van der Waals surface area contributed by atoms with Gasteiger partial charge in [-0.05, 0) is 31.7 Å². The Morgan fingerprint density at radius 3 is 2.96 bits per heavy atom. The molecular weight excluding hydrogens is 328 g/mol. The minimum absolute atomic E-state index is 0.0424. The van der Waals surface area contributed by atoms with E-state index >= 15 is 0 Å². The Bertz CT molecular complexity index is 817. The number of hydrogen-bond acceptors (Lipinski definition) is 3. The number of benzene rings is 1. The predicted molar refractivity (Wildman–Crippen MR) is 97.4 cm³/mol. The number of carbonyl (C=O) groups is 2. The Morgan fingerprint density at radius 1 is 1.31 bits per heavy atom. The summed E-state index contributed by atoms with van der Waals surface area (Å²) in [6.07, 6.45) is 5.76. The Balaban J connectivity index is 1.48. The van der Waals surface area contributed by atoms with Crippen molar-refractivity contribution in [3.05, 3.63) is 53.3 Å². The van der Waals surface area contributed by atoms with Crippen molar-refractivity contribution in [2.24, 2.45) is 5.41 Å². The van der Waals surface area contributed by atoms with Gasteiger partial charge in [0.05, 0.1) is 17.2 Å². The molecule has 0 bridgehead atoms. The van der Waals surface area contributed by atoms with Gasteiger partial charge in [0.2, 0.25) is 5.91 Å². The first-order valence-electron chi connectivity index (χ1n) is 9.20. The highest BCUT2D eigenvalue weighted by atomic mass is 16.2. The van der Waals surface area contributed by atoms with E-state index < -0.39 is 5.41 Å². The van der Waals surface area contributed by atoms with Crippen LogP contribution in [0.25, 0.3) is 0 Å². The number of aromatic nitrogens is 2. The fourth-order valence-electron chi connectivity index (χ4n) is 4.31. The molecule has 4 rings (SSSR count). The Labute approximate surface area is 153 Å². The molecular formula is C20H24N4O2. The molecule has 0 aliphatic carbocycles. The number of piperidine rings is 1. The zero-order valence-corrected chi connectivity index (χ0v) is 15.1. The van der Waals surface area contributed by atoms with Gasteiger partial charge in [-0.15, -0.1) is 0 Å². The number of nitrogens with zero attached hydrogens (tertiary/aromatic N) is 3. The third-order valence-corrected chi connectivity index (χ3v) is 5.67. The number of nitrogens with one attached hydrogen (secondary N) is 1. The summed E-state index contributed by atoms with van der Waals surface area (Å²) >= 11 is 0. The highest BCUT2D eigenvalue weighted by molar-refractivity contribution is 5.95. The second kappa shape index (κ2) is 6.59. The maximum Gasteiger partial charge on any atom is 0.257 e. The molecule has 6 heteroatoms. The highest BCUT2D eigenvalue weighted by Crippen LogP contribution is 2.40. The summed E-state index contributed by atoms with van der Waals surface area (Å²) in [6, 6.07) is 8.32. The van der Waals surface area contributed by atoms with E-state index in [2.05, 4.69) is 35.3 Å². The van der Waals surface area contributed by atoms with Crippen molar-refractivity contribution in [3.8, 4) is 0 Å². The van der Waals surface area contributed by atoms with E-state index in [1.807, 2.05) is 11.0 Å². The van der Waals surface area contributed by atoms with Crippen molar-refractivity contribution in [1.82, 2.24) is 20.0 Å².